The smallest absolute Gasteiger partial charge is 0.317 e. The number of amides is 2. The third kappa shape index (κ3) is 3.25. The molecule has 0 spiro atoms. The van der Waals surface area contributed by atoms with Crippen LogP contribution in [0.2, 0.25) is 5.02 Å². The summed E-state index contributed by atoms with van der Waals surface area (Å²) < 4.78 is 5.00. The molecule has 1 aromatic carbocycles. The Balaban J connectivity index is 1.54. The van der Waals surface area contributed by atoms with E-state index in [1.165, 1.54) is 0 Å². The summed E-state index contributed by atoms with van der Waals surface area (Å²) in [6.07, 6.45) is 0.923. The monoisotopic (exact) mass is 319 g/mol. The first kappa shape index (κ1) is 14.9. The number of nitrogens with one attached hydrogen (secondary N) is 1. The quantitative estimate of drug-likeness (QED) is 0.940. The normalized spacial score (nSPS) is 19.8. The molecule has 0 saturated heterocycles. The van der Waals surface area contributed by atoms with Gasteiger partial charge in [0.1, 0.15) is 11.5 Å². The Morgan fingerprint density at radius 2 is 2.27 bits per heavy atom. The van der Waals surface area contributed by atoms with E-state index in [0.717, 1.165) is 28.5 Å². The Labute approximate surface area is 134 Å². The van der Waals surface area contributed by atoms with Crippen LogP contribution in [0.4, 0.5) is 4.79 Å². The minimum Gasteiger partial charge on any atom is -0.361 e. The third-order valence-corrected chi connectivity index (χ3v) is 4.17. The summed E-state index contributed by atoms with van der Waals surface area (Å²) in [7, 11) is 1.74. The number of hydrogen-bond donors (Lipinski definition) is 1. The highest BCUT2D eigenvalue weighted by molar-refractivity contribution is 6.31. The molecule has 1 aliphatic rings. The first-order chi connectivity index (χ1) is 10.5. The summed E-state index contributed by atoms with van der Waals surface area (Å²) in [5.41, 5.74) is 1.85. The average Bonchev–Trinajstić information content (AvgIpc) is 3.12. The van der Waals surface area contributed by atoms with E-state index in [4.69, 9.17) is 16.1 Å². The number of aryl methyl sites for hydroxylation is 1. The van der Waals surface area contributed by atoms with Crippen LogP contribution in [0.3, 0.4) is 0 Å². The van der Waals surface area contributed by atoms with Crippen molar-refractivity contribution >= 4 is 17.6 Å². The zero-order valence-corrected chi connectivity index (χ0v) is 13.3. The topological polar surface area (TPSA) is 58.4 Å². The molecule has 1 fully saturated rings. The first-order valence-corrected chi connectivity index (χ1v) is 7.60. The predicted molar refractivity (Wildman–Crippen MR) is 83.8 cm³/mol. The molecule has 1 heterocycles. The van der Waals surface area contributed by atoms with Crippen molar-refractivity contribution in [2.75, 3.05) is 7.05 Å². The molecular formula is C16H18ClN3O2. The number of aromatic nitrogens is 1. The maximum absolute atomic E-state index is 12.2. The molecule has 0 radical (unpaired) electrons. The molecule has 1 aromatic heterocycles. The Kier molecular flexibility index (Phi) is 4.07. The van der Waals surface area contributed by atoms with Gasteiger partial charge in [0.05, 0.1) is 6.54 Å². The van der Waals surface area contributed by atoms with Gasteiger partial charge < -0.3 is 14.7 Å². The number of urea groups is 1. The van der Waals surface area contributed by atoms with Crippen molar-refractivity contribution in [3.63, 3.8) is 0 Å². The van der Waals surface area contributed by atoms with Crippen molar-refractivity contribution in [3.05, 3.63) is 52.4 Å². The highest BCUT2D eigenvalue weighted by atomic mass is 35.5. The number of hydrogen-bond acceptors (Lipinski definition) is 3. The Bertz CT molecular complexity index is 686. The van der Waals surface area contributed by atoms with Gasteiger partial charge in [-0.15, -0.1) is 0 Å². The van der Waals surface area contributed by atoms with E-state index in [1.54, 1.807) is 11.9 Å². The SMILES string of the molecule is Cc1cc(CN(C)C(=O)N[C@@H]2C[C@H]2c2ccccc2Cl)no1. The highest BCUT2D eigenvalue weighted by Crippen LogP contribution is 2.43. The first-order valence-electron chi connectivity index (χ1n) is 7.23. The number of carbonyl (C=O) groups excluding carboxylic acids is 1. The van der Waals surface area contributed by atoms with E-state index in [-0.39, 0.29) is 12.1 Å². The predicted octanol–water partition coefficient (Wildman–Crippen LogP) is 3.33. The molecule has 0 bridgehead atoms. The zero-order valence-electron chi connectivity index (χ0n) is 12.5. The van der Waals surface area contributed by atoms with Gasteiger partial charge in [-0.2, -0.15) is 0 Å². The van der Waals surface area contributed by atoms with Crippen LogP contribution in [0.25, 0.3) is 0 Å². The second kappa shape index (κ2) is 6.01. The summed E-state index contributed by atoms with van der Waals surface area (Å²) in [5.74, 6) is 1.05. The Morgan fingerprint density at radius 3 is 2.95 bits per heavy atom. The van der Waals surface area contributed by atoms with Gasteiger partial charge in [0.15, 0.2) is 0 Å². The van der Waals surface area contributed by atoms with Crippen LogP contribution in [-0.2, 0) is 6.54 Å². The number of nitrogens with zero attached hydrogens (tertiary/aromatic N) is 2. The van der Waals surface area contributed by atoms with Crippen molar-refractivity contribution in [3.8, 4) is 0 Å². The fourth-order valence-corrected chi connectivity index (χ4v) is 2.83. The van der Waals surface area contributed by atoms with Crippen LogP contribution in [-0.4, -0.2) is 29.2 Å². The van der Waals surface area contributed by atoms with Crippen molar-refractivity contribution in [2.24, 2.45) is 0 Å². The van der Waals surface area contributed by atoms with Crippen molar-refractivity contribution in [1.29, 1.82) is 0 Å². The van der Waals surface area contributed by atoms with Gasteiger partial charge in [0.25, 0.3) is 0 Å². The zero-order chi connectivity index (χ0) is 15.7. The van der Waals surface area contributed by atoms with Gasteiger partial charge in [-0.25, -0.2) is 4.79 Å². The van der Waals surface area contributed by atoms with Crippen molar-refractivity contribution in [1.82, 2.24) is 15.4 Å². The molecule has 1 N–H and O–H groups in total. The molecule has 2 amide bonds. The van der Waals surface area contributed by atoms with Crippen LogP contribution in [0.5, 0.6) is 0 Å². The second-order valence-corrected chi connectivity index (χ2v) is 6.11. The van der Waals surface area contributed by atoms with Crippen molar-refractivity contribution < 1.29 is 9.32 Å². The van der Waals surface area contributed by atoms with Crippen LogP contribution in [0, 0.1) is 6.92 Å². The van der Waals surface area contributed by atoms with Crippen molar-refractivity contribution in [2.45, 2.75) is 31.8 Å². The summed E-state index contributed by atoms with van der Waals surface area (Å²) in [5, 5.41) is 7.68. The van der Waals surface area contributed by atoms with Gasteiger partial charge in [0, 0.05) is 30.1 Å². The molecule has 0 unspecified atom stereocenters. The summed E-state index contributed by atoms with van der Waals surface area (Å²) in [4.78, 5) is 13.8. The van der Waals surface area contributed by atoms with Crippen LogP contribution in [0.15, 0.2) is 34.9 Å². The van der Waals surface area contributed by atoms with Gasteiger partial charge in [-0.3, -0.25) is 0 Å². The molecule has 22 heavy (non-hydrogen) atoms. The molecule has 3 rings (SSSR count). The molecule has 2 aromatic rings. The summed E-state index contributed by atoms with van der Waals surface area (Å²) in [6, 6.07) is 9.64. The van der Waals surface area contributed by atoms with E-state index < -0.39 is 0 Å². The lowest BCUT2D eigenvalue weighted by Gasteiger charge is -2.16. The van der Waals surface area contributed by atoms with Gasteiger partial charge in [-0.05, 0) is 25.0 Å². The maximum Gasteiger partial charge on any atom is 0.317 e. The number of benzene rings is 1. The van der Waals surface area contributed by atoms with Gasteiger partial charge in [-0.1, -0.05) is 35.0 Å². The molecule has 116 valence electrons. The maximum atomic E-state index is 12.2. The third-order valence-electron chi connectivity index (χ3n) is 3.83. The molecule has 6 heteroatoms. The minimum absolute atomic E-state index is 0.111. The van der Waals surface area contributed by atoms with E-state index in [1.807, 2.05) is 37.3 Å². The van der Waals surface area contributed by atoms with E-state index in [0.29, 0.717) is 12.5 Å². The van der Waals surface area contributed by atoms with Gasteiger partial charge in [0.2, 0.25) is 0 Å². The molecular weight excluding hydrogens is 302 g/mol. The average molecular weight is 320 g/mol. The lowest BCUT2D eigenvalue weighted by molar-refractivity contribution is 0.205. The lowest BCUT2D eigenvalue weighted by Crippen LogP contribution is -2.38. The molecule has 2 atom stereocenters. The lowest BCUT2D eigenvalue weighted by atomic mass is 10.1. The number of rotatable bonds is 4. The van der Waals surface area contributed by atoms with E-state index >= 15 is 0 Å². The standard InChI is InChI=1S/C16H18ClN3O2/c1-10-7-11(19-22-10)9-20(2)16(21)18-15-8-13(15)12-5-3-4-6-14(12)17/h3-7,13,15H,8-9H2,1-2H3,(H,18,21)/t13-,15+/m0/s1. The Hall–Kier alpha value is -2.01. The fourth-order valence-electron chi connectivity index (χ4n) is 2.55. The number of carbonyl (C=O) groups is 1. The second-order valence-electron chi connectivity index (χ2n) is 5.70. The largest absolute Gasteiger partial charge is 0.361 e. The van der Waals surface area contributed by atoms with Crippen LogP contribution >= 0.6 is 11.6 Å². The van der Waals surface area contributed by atoms with Crippen LogP contribution < -0.4 is 5.32 Å². The highest BCUT2D eigenvalue weighted by Gasteiger charge is 2.41. The molecule has 5 nitrogen and oxygen atoms in total. The minimum atomic E-state index is -0.111. The molecule has 1 saturated carbocycles. The van der Waals surface area contributed by atoms with E-state index in [9.17, 15) is 4.79 Å². The van der Waals surface area contributed by atoms with Crippen LogP contribution in [0.1, 0.15) is 29.4 Å². The molecule has 0 aliphatic heterocycles. The van der Waals surface area contributed by atoms with E-state index in [2.05, 4.69) is 10.5 Å². The number of halogens is 1. The fraction of sp³-hybridized carbons (Fsp3) is 0.375. The molecule has 1 aliphatic carbocycles. The summed E-state index contributed by atoms with van der Waals surface area (Å²) >= 11 is 6.19. The van der Waals surface area contributed by atoms with Gasteiger partial charge >= 0.3 is 6.03 Å². The summed E-state index contributed by atoms with van der Waals surface area (Å²) in [6.45, 7) is 2.25. The Morgan fingerprint density at radius 1 is 1.50 bits per heavy atom.